The van der Waals surface area contributed by atoms with Crippen LogP contribution in [-0.4, -0.2) is 25.7 Å². The summed E-state index contributed by atoms with van der Waals surface area (Å²) < 4.78 is 5.24. The summed E-state index contributed by atoms with van der Waals surface area (Å²) in [5, 5.41) is 9.02. The van der Waals surface area contributed by atoms with Crippen LogP contribution in [0.2, 0.25) is 0 Å². The maximum atomic E-state index is 12.1. The van der Waals surface area contributed by atoms with E-state index in [1.165, 1.54) is 4.90 Å². The Morgan fingerprint density at radius 1 is 1.44 bits per heavy atom. The number of para-hydroxylation sites is 1. The van der Waals surface area contributed by atoms with Crippen molar-refractivity contribution in [1.29, 1.82) is 5.26 Å². The van der Waals surface area contributed by atoms with Crippen LogP contribution in [-0.2, 0) is 9.53 Å². The first-order valence-electron chi connectivity index (χ1n) is 5.72. The smallest absolute Gasteiger partial charge is 0.229 e. The van der Waals surface area contributed by atoms with Gasteiger partial charge in [0.05, 0.1) is 23.3 Å². The molecule has 96 valence electrons. The van der Waals surface area contributed by atoms with Gasteiger partial charge in [0.1, 0.15) is 6.07 Å². The van der Waals surface area contributed by atoms with Crippen molar-refractivity contribution in [2.45, 2.75) is 25.9 Å². The lowest BCUT2D eigenvalue weighted by Crippen LogP contribution is -2.35. The minimum atomic E-state index is -0.507. The minimum Gasteiger partial charge on any atom is -0.378 e. The number of anilines is 1. The van der Waals surface area contributed by atoms with Crippen molar-refractivity contribution < 1.29 is 9.53 Å². The molecule has 4 nitrogen and oxygen atoms in total. The van der Waals surface area contributed by atoms with Crippen LogP contribution in [0.3, 0.4) is 0 Å². The second-order valence-electron chi connectivity index (χ2n) is 4.72. The van der Waals surface area contributed by atoms with Gasteiger partial charge in [0.25, 0.3) is 0 Å². The Kier molecular flexibility index (Phi) is 4.46. The van der Waals surface area contributed by atoms with Gasteiger partial charge in [-0.2, -0.15) is 5.26 Å². The molecule has 0 N–H and O–H groups in total. The summed E-state index contributed by atoms with van der Waals surface area (Å²) in [4.78, 5) is 13.6. The molecule has 0 radical (unpaired) electrons. The standard InChI is InChI=1S/C14H18N2O2/c1-14(2,18-4)9-13(17)16(3)12-8-6-5-7-11(12)10-15/h5-8H,9H2,1-4H3. The molecular formula is C14H18N2O2. The van der Waals surface area contributed by atoms with Crippen LogP contribution in [0.25, 0.3) is 0 Å². The Morgan fingerprint density at radius 2 is 2.06 bits per heavy atom. The number of hydrogen-bond acceptors (Lipinski definition) is 3. The van der Waals surface area contributed by atoms with Crippen LogP contribution in [0.4, 0.5) is 5.69 Å². The van der Waals surface area contributed by atoms with E-state index in [2.05, 4.69) is 6.07 Å². The van der Waals surface area contributed by atoms with Crippen molar-refractivity contribution in [3.8, 4) is 6.07 Å². The molecule has 0 saturated heterocycles. The fourth-order valence-corrected chi connectivity index (χ4v) is 1.55. The van der Waals surface area contributed by atoms with Gasteiger partial charge in [-0.15, -0.1) is 0 Å². The lowest BCUT2D eigenvalue weighted by Gasteiger charge is -2.26. The number of amides is 1. The third-order valence-electron chi connectivity index (χ3n) is 2.89. The first kappa shape index (κ1) is 14.2. The second kappa shape index (κ2) is 5.65. The Labute approximate surface area is 108 Å². The number of hydrogen-bond donors (Lipinski definition) is 0. The molecule has 0 aromatic heterocycles. The molecule has 0 spiro atoms. The van der Waals surface area contributed by atoms with E-state index in [9.17, 15) is 4.79 Å². The zero-order chi connectivity index (χ0) is 13.8. The number of carbonyl (C=O) groups excluding carboxylic acids is 1. The predicted molar refractivity (Wildman–Crippen MR) is 70.3 cm³/mol. The number of nitriles is 1. The van der Waals surface area contributed by atoms with Gasteiger partial charge in [-0.3, -0.25) is 4.79 Å². The van der Waals surface area contributed by atoms with Crippen LogP contribution < -0.4 is 4.90 Å². The summed E-state index contributed by atoms with van der Waals surface area (Å²) in [5.41, 5.74) is 0.605. The van der Waals surface area contributed by atoms with Gasteiger partial charge in [-0.1, -0.05) is 12.1 Å². The Hall–Kier alpha value is -1.86. The summed E-state index contributed by atoms with van der Waals surface area (Å²) in [6.07, 6.45) is 0.264. The van der Waals surface area contributed by atoms with E-state index in [0.717, 1.165) is 0 Å². The number of nitrogens with zero attached hydrogens (tertiary/aromatic N) is 2. The molecule has 1 aromatic rings. The van der Waals surface area contributed by atoms with Crippen LogP contribution >= 0.6 is 0 Å². The molecule has 0 saturated carbocycles. The average Bonchev–Trinajstić information content (AvgIpc) is 2.37. The van der Waals surface area contributed by atoms with E-state index >= 15 is 0 Å². The Balaban J connectivity index is 2.91. The molecule has 1 rings (SSSR count). The molecule has 0 atom stereocenters. The van der Waals surface area contributed by atoms with E-state index < -0.39 is 5.60 Å². The normalized spacial score (nSPS) is 10.8. The third kappa shape index (κ3) is 3.31. The number of benzene rings is 1. The van der Waals surface area contributed by atoms with E-state index in [-0.39, 0.29) is 12.3 Å². The molecule has 1 aromatic carbocycles. The first-order valence-corrected chi connectivity index (χ1v) is 5.72. The van der Waals surface area contributed by atoms with Crippen molar-refractivity contribution in [1.82, 2.24) is 0 Å². The number of methoxy groups -OCH3 is 1. The summed E-state index contributed by atoms with van der Waals surface area (Å²) in [6.45, 7) is 3.71. The summed E-state index contributed by atoms with van der Waals surface area (Å²) in [6, 6.07) is 9.12. The molecule has 1 amide bonds. The molecule has 0 fully saturated rings. The summed E-state index contributed by atoms with van der Waals surface area (Å²) in [7, 11) is 3.25. The summed E-state index contributed by atoms with van der Waals surface area (Å²) >= 11 is 0. The van der Waals surface area contributed by atoms with Crippen LogP contribution in [0, 0.1) is 11.3 Å². The van der Waals surface area contributed by atoms with Gasteiger partial charge in [0.2, 0.25) is 5.91 Å². The molecule has 0 unspecified atom stereocenters. The molecule has 0 bridgehead atoms. The maximum Gasteiger partial charge on any atom is 0.229 e. The first-order chi connectivity index (χ1) is 8.41. The zero-order valence-corrected chi connectivity index (χ0v) is 11.2. The van der Waals surface area contributed by atoms with Gasteiger partial charge in [-0.25, -0.2) is 0 Å². The number of rotatable bonds is 4. The quantitative estimate of drug-likeness (QED) is 0.819. The SMILES string of the molecule is COC(C)(C)CC(=O)N(C)c1ccccc1C#N. The maximum absolute atomic E-state index is 12.1. The van der Waals surface area contributed by atoms with E-state index in [1.54, 1.807) is 38.4 Å². The predicted octanol–water partition coefficient (Wildman–Crippen LogP) is 2.34. The average molecular weight is 246 g/mol. The second-order valence-corrected chi connectivity index (χ2v) is 4.72. The third-order valence-corrected chi connectivity index (χ3v) is 2.89. The lowest BCUT2D eigenvalue weighted by molar-refractivity contribution is -0.123. The minimum absolute atomic E-state index is 0.0791. The molecule has 4 heteroatoms. The highest BCUT2D eigenvalue weighted by Gasteiger charge is 2.24. The molecule has 0 aliphatic heterocycles. The molecule has 18 heavy (non-hydrogen) atoms. The largest absolute Gasteiger partial charge is 0.378 e. The molecule has 0 aliphatic carbocycles. The van der Waals surface area contributed by atoms with E-state index in [4.69, 9.17) is 10.00 Å². The van der Waals surface area contributed by atoms with Crippen molar-refractivity contribution in [2.24, 2.45) is 0 Å². The number of ether oxygens (including phenoxy) is 1. The van der Waals surface area contributed by atoms with E-state index in [0.29, 0.717) is 11.3 Å². The Bertz CT molecular complexity index is 475. The summed E-state index contributed by atoms with van der Waals surface area (Å²) in [5.74, 6) is -0.0791. The lowest BCUT2D eigenvalue weighted by atomic mass is 10.0. The topological polar surface area (TPSA) is 53.3 Å². The Morgan fingerprint density at radius 3 is 2.61 bits per heavy atom. The van der Waals surface area contributed by atoms with E-state index in [1.807, 2.05) is 13.8 Å². The van der Waals surface area contributed by atoms with Crippen LogP contribution in [0.1, 0.15) is 25.8 Å². The monoisotopic (exact) mass is 246 g/mol. The van der Waals surface area contributed by atoms with Gasteiger partial charge < -0.3 is 9.64 Å². The fourth-order valence-electron chi connectivity index (χ4n) is 1.55. The molecule has 0 aliphatic rings. The van der Waals surface area contributed by atoms with Gasteiger partial charge in [0.15, 0.2) is 0 Å². The van der Waals surface area contributed by atoms with Gasteiger partial charge >= 0.3 is 0 Å². The van der Waals surface area contributed by atoms with Gasteiger partial charge in [0, 0.05) is 14.2 Å². The van der Waals surface area contributed by atoms with Crippen molar-refractivity contribution in [3.63, 3.8) is 0 Å². The van der Waals surface area contributed by atoms with Crippen molar-refractivity contribution >= 4 is 11.6 Å². The number of carbonyl (C=O) groups is 1. The molecular weight excluding hydrogens is 228 g/mol. The highest BCUT2D eigenvalue weighted by Crippen LogP contribution is 2.21. The van der Waals surface area contributed by atoms with Gasteiger partial charge in [-0.05, 0) is 26.0 Å². The zero-order valence-electron chi connectivity index (χ0n) is 11.2. The fraction of sp³-hybridized carbons (Fsp3) is 0.429. The van der Waals surface area contributed by atoms with Crippen molar-refractivity contribution in [3.05, 3.63) is 29.8 Å². The van der Waals surface area contributed by atoms with Crippen molar-refractivity contribution in [2.75, 3.05) is 19.1 Å². The van der Waals surface area contributed by atoms with Crippen LogP contribution in [0.5, 0.6) is 0 Å². The highest BCUT2D eigenvalue weighted by molar-refractivity contribution is 5.94. The van der Waals surface area contributed by atoms with Crippen LogP contribution in [0.15, 0.2) is 24.3 Å². The molecule has 0 heterocycles. The highest BCUT2D eigenvalue weighted by atomic mass is 16.5.